The van der Waals surface area contributed by atoms with Gasteiger partial charge in [-0.15, -0.1) is 0 Å². The van der Waals surface area contributed by atoms with Crippen molar-refractivity contribution in [3.05, 3.63) is 100 Å². The minimum atomic E-state index is -1.72. The Morgan fingerprint density at radius 3 is 1.29 bits per heavy atom. The molecule has 0 saturated heterocycles. The zero-order valence-corrected chi connectivity index (χ0v) is 19.0. The third-order valence-corrected chi connectivity index (χ3v) is 6.46. The van der Waals surface area contributed by atoms with Gasteiger partial charge >= 0.3 is 0 Å². The van der Waals surface area contributed by atoms with E-state index in [1.807, 2.05) is 0 Å². The Hall–Kier alpha value is -5.71. The molecular weight excluding hydrogens is 494 g/mol. The van der Waals surface area contributed by atoms with Gasteiger partial charge in [0.1, 0.15) is 0 Å². The molecule has 0 fully saturated rings. The van der Waals surface area contributed by atoms with Crippen LogP contribution in [-0.2, 0) is 0 Å². The first-order valence-corrected chi connectivity index (χ1v) is 11.0. The average Bonchev–Trinajstić information content (AvgIpc) is 2.91. The minimum absolute atomic E-state index is 0.0352. The number of amides is 4. The Labute approximate surface area is 212 Å². The van der Waals surface area contributed by atoms with Crippen LogP contribution in [0.3, 0.4) is 0 Å². The van der Waals surface area contributed by atoms with Crippen LogP contribution < -0.4 is 20.0 Å². The van der Waals surface area contributed by atoms with Crippen molar-refractivity contribution in [2.75, 3.05) is 9.80 Å². The van der Waals surface area contributed by atoms with Crippen LogP contribution in [0, 0.1) is 0 Å². The summed E-state index contributed by atoms with van der Waals surface area (Å²) in [4.78, 5) is 82.2. The molecule has 0 N–H and O–H groups in total. The second-order valence-electron chi connectivity index (χ2n) is 8.51. The monoisotopic (exact) mass is 505 g/mol. The van der Waals surface area contributed by atoms with Crippen molar-refractivity contribution >= 4 is 57.7 Å². The second-order valence-corrected chi connectivity index (χ2v) is 8.51. The van der Waals surface area contributed by atoms with Crippen LogP contribution in [0.15, 0.2) is 67.0 Å². The molecule has 0 bridgehead atoms. The van der Waals surface area contributed by atoms with Crippen LogP contribution in [0.25, 0.3) is 10.8 Å². The Kier molecular flexibility index (Phi) is 4.73. The van der Waals surface area contributed by atoms with Crippen LogP contribution in [-0.4, -0.2) is 40.6 Å². The molecule has 4 aromatic rings. The van der Waals surface area contributed by atoms with Gasteiger partial charge in [-0.3, -0.25) is 24.2 Å². The van der Waals surface area contributed by atoms with Crippen LogP contribution in [0.1, 0.15) is 62.1 Å². The zero-order chi connectivity index (χ0) is 26.9. The number of carbonyl (C=O) groups is 6. The Balaban J connectivity index is 1.55. The van der Waals surface area contributed by atoms with Crippen LogP contribution >= 0.6 is 0 Å². The van der Waals surface area contributed by atoms with E-state index in [4.69, 9.17) is 0 Å². The van der Waals surface area contributed by atoms with Crippen molar-refractivity contribution in [1.82, 2.24) is 4.98 Å². The number of aromatic carboxylic acids is 2. The molecule has 2 aliphatic heterocycles. The average molecular weight is 505 g/mol. The fraction of sp³-hybridized carbons (Fsp3) is 0. The molecule has 0 saturated carbocycles. The van der Waals surface area contributed by atoms with Gasteiger partial charge in [0, 0.05) is 45.4 Å². The highest BCUT2D eigenvalue weighted by atomic mass is 16.4. The zero-order valence-electron chi connectivity index (χ0n) is 19.0. The number of nitrogens with zero attached hydrogens (tertiary/aromatic N) is 3. The lowest BCUT2D eigenvalue weighted by Gasteiger charge is -2.32. The summed E-state index contributed by atoms with van der Waals surface area (Å²) >= 11 is 0. The van der Waals surface area contributed by atoms with Crippen molar-refractivity contribution in [2.45, 2.75) is 0 Å². The number of carboxylic acids is 2. The number of rotatable bonds is 4. The number of aromatic nitrogens is 1. The fourth-order valence-corrected chi connectivity index (χ4v) is 4.81. The van der Waals surface area contributed by atoms with Crippen LogP contribution in [0.5, 0.6) is 0 Å². The van der Waals surface area contributed by atoms with Gasteiger partial charge in [-0.2, -0.15) is 0 Å². The van der Waals surface area contributed by atoms with E-state index in [0.29, 0.717) is 10.6 Å². The van der Waals surface area contributed by atoms with Gasteiger partial charge in [0.25, 0.3) is 23.6 Å². The summed E-state index contributed by atoms with van der Waals surface area (Å²) in [5.74, 6) is -6.55. The van der Waals surface area contributed by atoms with Crippen molar-refractivity contribution in [1.29, 1.82) is 0 Å². The van der Waals surface area contributed by atoms with Gasteiger partial charge in [0.2, 0.25) is 0 Å². The second kappa shape index (κ2) is 7.90. The summed E-state index contributed by atoms with van der Waals surface area (Å²) < 4.78 is 0. The number of hydrogen-bond acceptors (Lipinski definition) is 9. The van der Waals surface area contributed by atoms with E-state index < -0.39 is 46.7 Å². The first kappa shape index (κ1) is 22.7. The highest BCUT2D eigenvalue weighted by molar-refractivity contribution is 6.42. The van der Waals surface area contributed by atoms with Gasteiger partial charge in [-0.1, -0.05) is 0 Å². The summed E-state index contributed by atoms with van der Waals surface area (Å²) in [5.41, 5.74) is -1.05. The molecule has 0 aliphatic carbocycles. The summed E-state index contributed by atoms with van der Waals surface area (Å²) in [6, 6.07) is 11.0. The Bertz CT molecular complexity index is 1710. The van der Waals surface area contributed by atoms with E-state index in [9.17, 15) is 39.0 Å². The van der Waals surface area contributed by atoms with Crippen molar-refractivity contribution in [2.24, 2.45) is 0 Å². The van der Waals surface area contributed by atoms with Crippen LogP contribution in [0.4, 0.5) is 11.4 Å². The molecule has 3 heterocycles. The van der Waals surface area contributed by atoms with Gasteiger partial charge < -0.3 is 19.8 Å². The number of pyridine rings is 1. The molecule has 0 atom stereocenters. The number of imide groups is 2. The molecule has 3 aromatic carbocycles. The van der Waals surface area contributed by atoms with E-state index in [2.05, 4.69) is 4.98 Å². The first-order chi connectivity index (χ1) is 18.2. The number of anilines is 2. The van der Waals surface area contributed by atoms with Gasteiger partial charge in [-0.25, -0.2) is 9.80 Å². The standard InChI is InChI=1S/C27H13N3O8/c31-22-16-1-3-18-21-19(4-2-17(20(16)21)23(32)29(22)14-5-7-28-8-6-14)25(34)30(24(18)33)15-10-12(26(35)36)9-13(11-15)27(37)38/h1-11H,(H,35,36)(H,37,38)/p-2. The third kappa shape index (κ3) is 3.05. The first-order valence-electron chi connectivity index (χ1n) is 11.0. The number of carboxylic acid groups (broad SMARTS) is 2. The molecule has 38 heavy (non-hydrogen) atoms. The number of hydrogen-bond donors (Lipinski definition) is 0. The molecule has 1 aromatic heterocycles. The van der Waals surface area contributed by atoms with E-state index in [1.165, 1.54) is 48.8 Å². The largest absolute Gasteiger partial charge is 0.545 e. The van der Waals surface area contributed by atoms with E-state index in [0.717, 1.165) is 23.1 Å². The van der Waals surface area contributed by atoms with E-state index in [1.54, 1.807) is 0 Å². The highest BCUT2D eigenvalue weighted by Gasteiger charge is 2.40. The van der Waals surface area contributed by atoms with Crippen molar-refractivity contribution < 1.29 is 39.0 Å². The molecule has 4 amide bonds. The molecule has 11 heteroatoms. The van der Waals surface area contributed by atoms with Crippen molar-refractivity contribution in [3.8, 4) is 0 Å². The minimum Gasteiger partial charge on any atom is -0.545 e. The van der Waals surface area contributed by atoms with Crippen molar-refractivity contribution in [3.63, 3.8) is 0 Å². The lowest BCUT2D eigenvalue weighted by molar-refractivity contribution is -0.255. The molecule has 0 spiro atoms. The molecule has 6 rings (SSSR count). The smallest absolute Gasteiger partial charge is 0.265 e. The highest BCUT2D eigenvalue weighted by Crippen LogP contribution is 2.40. The predicted molar refractivity (Wildman–Crippen MR) is 126 cm³/mol. The van der Waals surface area contributed by atoms with E-state index in [-0.39, 0.29) is 38.7 Å². The number of benzene rings is 3. The summed E-state index contributed by atoms with van der Waals surface area (Å²) in [6.07, 6.45) is 2.86. The summed E-state index contributed by atoms with van der Waals surface area (Å²) in [6.45, 7) is 0. The third-order valence-electron chi connectivity index (χ3n) is 6.46. The predicted octanol–water partition coefficient (Wildman–Crippen LogP) is 0.563. The molecule has 11 nitrogen and oxygen atoms in total. The Morgan fingerprint density at radius 1 is 0.553 bits per heavy atom. The maximum atomic E-state index is 13.5. The maximum Gasteiger partial charge on any atom is 0.265 e. The van der Waals surface area contributed by atoms with Gasteiger partial charge in [0.15, 0.2) is 0 Å². The lowest BCUT2D eigenvalue weighted by Crippen LogP contribution is -2.43. The summed E-state index contributed by atoms with van der Waals surface area (Å²) in [7, 11) is 0. The molecule has 0 unspecified atom stereocenters. The molecular formula is C27H11N3O8-2. The van der Waals surface area contributed by atoms with Crippen LogP contribution in [0.2, 0.25) is 0 Å². The molecule has 184 valence electrons. The Morgan fingerprint density at radius 2 is 0.921 bits per heavy atom. The topological polar surface area (TPSA) is 168 Å². The lowest BCUT2D eigenvalue weighted by atomic mass is 9.85. The molecule has 2 aliphatic rings. The fourth-order valence-electron chi connectivity index (χ4n) is 4.81. The molecule has 0 radical (unpaired) electrons. The SMILES string of the molecule is O=C([O-])c1cc(C(=O)[O-])cc(N2C(=O)c3ccc4c5c(ccc(c35)C2=O)C(=O)N(c2ccncc2)C4=O)c1. The number of carbonyl (C=O) groups excluding carboxylic acids is 6. The summed E-state index contributed by atoms with van der Waals surface area (Å²) in [5, 5.41) is 23.1. The normalized spacial score (nSPS) is 14.3. The van der Waals surface area contributed by atoms with Gasteiger partial charge in [0.05, 0.1) is 23.3 Å². The quantitative estimate of drug-likeness (QED) is 0.360. The van der Waals surface area contributed by atoms with Gasteiger partial charge in [-0.05, 0) is 65.7 Å². The van der Waals surface area contributed by atoms with E-state index >= 15 is 0 Å². The maximum absolute atomic E-state index is 13.5.